The van der Waals surface area contributed by atoms with Crippen LogP contribution in [0.1, 0.15) is 27.8 Å². The third kappa shape index (κ3) is 5.00. The van der Waals surface area contributed by atoms with Gasteiger partial charge in [-0.25, -0.2) is 0 Å². The maximum atomic E-state index is 12.5. The zero-order valence-electron chi connectivity index (χ0n) is 15.3. The second-order valence-electron chi connectivity index (χ2n) is 5.32. The molecular formula is C18H21N3O6. The Balaban J connectivity index is 2.30. The van der Waals surface area contributed by atoms with Gasteiger partial charge in [-0.1, -0.05) is 0 Å². The summed E-state index contributed by atoms with van der Waals surface area (Å²) < 4.78 is 15.5. The van der Waals surface area contributed by atoms with Crippen LogP contribution in [-0.4, -0.2) is 45.0 Å². The highest BCUT2D eigenvalue weighted by molar-refractivity contribution is 6.08. The lowest BCUT2D eigenvalue weighted by atomic mass is 10.1. The van der Waals surface area contributed by atoms with E-state index in [4.69, 9.17) is 13.9 Å². The van der Waals surface area contributed by atoms with Gasteiger partial charge in [-0.2, -0.15) is 0 Å². The van der Waals surface area contributed by atoms with Gasteiger partial charge in [0.25, 0.3) is 11.8 Å². The lowest BCUT2D eigenvalue weighted by molar-refractivity contribution is -0.120. The van der Waals surface area contributed by atoms with E-state index >= 15 is 0 Å². The Hall–Kier alpha value is -3.49. The van der Waals surface area contributed by atoms with E-state index in [1.165, 1.54) is 38.7 Å². The van der Waals surface area contributed by atoms with Crippen molar-refractivity contribution < 1.29 is 28.3 Å². The van der Waals surface area contributed by atoms with Gasteiger partial charge >= 0.3 is 0 Å². The summed E-state index contributed by atoms with van der Waals surface area (Å²) in [4.78, 5) is 36.4. The van der Waals surface area contributed by atoms with E-state index in [1.54, 1.807) is 13.0 Å². The average Bonchev–Trinajstić information content (AvgIpc) is 3.20. The maximum absolute atomic E-state index is 12.5. The predicted molar refractivity (Wildman–Crippen MR) is 97.2 cm³/mol. The summed E-state index contributed by atoms with van der Waals surface area (Å²) in [5.41, 5.74) is 0.291. The number of hydrogen-bond acceptors (Lipinski definition) is 6. The molecule has 0 aliphatic rings. The molecule has 9 heteroatoms. The smallest absolute Gasteiger partial charge is 0.291 e. The molecule has 0 spiro atoms. The number of likely N-dealkylation sites (N-methyl/N-ethyl adjacent to an activating group) is 1. The predicted octanol–water partition coefficient (Wildman–Crippen LogP) is 1.41. The first-order valence-electron chi connectivity index (χ1n) is 8.15. The molecule has 0 saturated heterocycles. The second-order valence-corrected chi connectivity index (χ2v) is 5.32. The fourth-order valence-electron chi connectivity index (χ4n) is 2.28. The molecule has 1 aromatic carbocycles. The third-order valence-electron chi connectivity index (χ3n) is 3.54. The number of carbonyl (C=O) groups is 3. The minimum atomic E-state index is -0.558. The van der Waals surface area contributed by atoms with Crippen LogP contribution in [0.15, 0.2) is 34.9 Å². The molecule has 0 saturated carbocycles. The molecule has 0 unspecified atom stereocenters. The molecule has 0 aliphatic carbocycles. The minimum Gasteiger partial charge on any atom is -0.493 e. The number of anilines is 1. The minimum absolute atomic E-state index is 0.0819. The van der Waals surface area contributed by atoms with E-state index in [1.807, 2.05) is 0 Å². The van der Waals surface area contributed by atoms with Crippen LogP contribution < -0.4 is 25.4 Å². The van der Waals surface area contributed by atoms with Crippen molar-refractivity contribution in [2.75, 3.05) is 32.6 Å². The molecule has 0 bridgehead atoms. The van der Waals surface area contributed by atoms with Crippen molar-refractivity contribution in [2.24, 2.45) is 0 Å². The molecule has 9 nitrogen and oxygen atoms in total. The number of hydrogen-bond donors (Lipinski definition) is 3. The summed E-state index contributed by atoms with van der Waals surface area (Å²) in [5.74, 6) is -0.711. The Labute approximate surface area is 156 Å². The van der Waals surface area contributed by atoms with Crippen LogP contribution in [0.5, 0.6) is 11.5 Å². The fourth-order valence-corrected chi connectivity index (χ4v) is 2.28. The number of rotatable bonds is 8. The highest BCUT2D eigenvalue weighted by atomic mass is 16.5. The molecule has 2 aromatic rings. The second kappa shape index (κ2) is 9.27. The molecule has 0 aliphatic heterocycles. The number of amides is 3. The van der Waals surface area contributed by atoms with Gasteiger partial charge in [0.15, 0.2) is 17.3 Å². The quantitative estimate of drug-likeness (QED) is 0.642. The highest BCUT2D eigenvalue weighted by Crippen LogP contribution is 2.33. The van der Waals surface area contributed by atoms with Crippen LogP contribution in [0, 0.1) is 0 Å². The zero-order chi connectivity index (χ0) is 19.8. The van der Waals surface area contributed by atoms with Gasteiger partial charge in [-0.3, -0.25) is 14.4 Å². The number of carbonyl (C=O) groups excluding carboxylic acids is 3. The van der Waals surface area contributed by atoms with Crippen LogP contribution in [-0.2, 0) is 4.79 Å². The molecule has 3 amide bonds. The topological polar surface area (TPSA) is 119 Å². The largest absolute Gasteiger partial charge is 0.493 e. The average molecular weight is 375 g/mol. The van der Waals surface area contributed by atoms with Gasteiger partial charge in [0, 0.05) is 12.6 Å². The first-order valence-corrected chi connectivity index (χ1v) is 8.15. The number of nitrogens with one attached hydrogen (secondary N) is 3. The van der Waals surface area contributed by atoms with Crippen LogP contribution in [0.2, 0.25) is 0 Å². The number of furan rings is 1. The first kappa shape index (κ1) is 19.8. The van der Waals surface area contributed by atoms with Gasteiger partial charge in [0.2, 0.25) is 5.91 Å². The molecule has 0 fully saturated rings. The van der Waals surface area contributed by atoms with Gasteiger partial charge in [-0.15, -0.1) is 0 Å². The fraction of sp³-hybridized carbons (Fsp3) is 0.278. The molecule has 0 atom stereocenters. The molecule has 144 valence electrons. The normalized spacial score (nSPS) is 10.0. The zero-order valence-corrected chi connectivity index (χ0v) is 15.3. The monoisotopic (exact) mass is 375 g/mol. The SMILES string of the molecule is CCNC(=O)CNC(=O)c1cc(OC)c(OC)cc1NC(=O)c1ccco1. The van der Waals surface area contributed by atoms with Crippen molar-refractivity contribution in [1.82, 2.24) is 10.6 Å². The molecule has 1 aromatic heterocycles. The molecular weight excluding hydrogens is 354 g/mol. The van der Waals surface area contributed by atoms with E-state index in [0.717, 1.165) is 0 Å². The van der Waals surface area contributed by atoms with Crippen LogP contribution >= 0.6 is 0 Å². The Morgan fingerprint density at radius 2 is 1.74 bits per heavy atom. The van der Waals surface area contributed by atoms with Crippen LogP contribution in [0.25, 0.3) is 0 Å². The van der Waals surface area contributed by atoms with E-state index in [2.05, 4.69) is 16.0 Å². The van der Waals surface area contributed by atoms with E-state index in [0.29, 0.717) is 18.0 Å². The maximum Gasteiger partial charge on any atom is 0.291 e. The van der Waals surface area contributed by atoms with Crippen molar-refractivity contribution in [2.45, 2.75) is 6.92 Å². The number of benzene rings is 1. The van der Waals surface area contributed by atoms with E-state index in [9.17, 15) is 14.4 Å². The first-order chi connectivity index (χ1) is 13.0. The Bertz CT molecular complexity index is 817. The summed E-state index contributed by atoms with van der Waals surface area (Å²) in [7, 11) is 2.86. The Morgan fingerprint density at radius 1 is 1.04 bits per heavy atom. The van der Waals surface area contributed by atoms with Crippen molar-refractivity contribution in [1.29, 1.82) is 0 Å². The summed E-state index contributed by atoms with van der Waals surface area (Å²) in [6, 6.07) is 5.94. The molecule has 0 radical (unpaired) electrons. The van der Waals surface area contributed by atoms with E-state index in [-0.39, 0.29) is 29.5 Å². The molecule has 2 rings (SSSR count). The highest BCUT2D eigenvalue weighted by Gasteiger charge is 2.20. The molecule has 1 heterocycles. The van der Waals surface area contributed by atoms with Crippen molar-refractivity contribution >= 4 is 23.4 Å². The van der Waals surface area contributed by atoms with Gasteiger partial charge in [0.05, 0.1) is 38.3 Å². The summed E-state index contributed by atoms with van der Waals surface area (Å²) in [6.45, 7) is 2.03. The van der Waals surface area contributed by atoms with Gasteiger partial charge in [0.1, 0.15) is 0 Å². The van der Waals surface area contributed by atoms with Crippen molar-refractivity contribution in [3.63, 3.8) is 0 Å². The van der Waals surface area contributed by atoms with Crippen molar-refractivity contribution in [3.05, 3.63) is 41.9 Å². The van der Waals surface area contributed by atoms with Gasteiger partial charge in [-0.05, 0) is 25.1 Å². The van der Waals surface area contributed by atoms with Crippen LogP contribution in [0.3, 0.4) is 0 Å². The molecule has 3 N–H and O–H groups in total. The Morgan fingerprint density at radius 3 is 2.33 bits per heavy atom. The summed E-state index contributed by atoms with van der Waals surface area (Å²) >= 11 is 0. The third-order valence-corrected chi connectivity index (χ3v) is 3.54. The van der Waals surface area contributed by atoms with Crippen molar-refractivity contribution in [3.8, 4) is 11.5 Å². The van der Waals surface area contributed by atoms with Gasteiger partial charge < -0.3 is 29.8 Å². The lowest BCUT2D eigenvalue weighted by Crippen LogP contribution is -2.37. The van der Waals surface area contributed by atoms with E-state index < -0.39 is 11.8 Å². The summed E-state index contributed by atoms with van der Waals surface area (Å²) in [5, 5.41) is 7.68. The van der Waals surface area contributed by atoms with Crippen LogP contribution in [0.4, 0.5) is 5.69 Å². The summed E-state index contributed by atoms with van der Waals surface area (Å²) in [6.07, 6.45) is 1.36. The number of ether oxygens (including phenoxy) is 2. The molecule has 27 heavy (non-hydrogen) atoms. The number of methoxy groups -OCH3 is 2. The Kier molecular flexibility index (Phi) is 6.81. The standard InChI is InChI=1S/C18H21N3O6/c1-4-19-16(22)10-20-17(23)11-8-14(25-2)15(26-3)9-12(11)21-18(24)13-6-5-7-27-13/h5-9H,4,10H2,1-3H3,(H,19,22)(H,20,23)(H,21,24). The lowest BCUT2D eigenvalue weighted by Gasteiger charge is -2.15.